The first-order valence-electron chi connectivity index (χ1n) is 8.30. The van der Waals surface area contributed by atoms with Gasteiger partial charge in [-0.15, -0.1) is 0 Å². The van der Waals surface area contributed by atoms with E-state index in [1.807, 2.05) is 0 Å². The minimum atomic E-state index is -5.90. The Morgan fingerprint density at radius 3 is 1.88 bits per heavy atom. The Bertz CT molecular complexity index is 500. The molecule has 0 aromatic carbocycles. The van der Waals surface area contributed by atoms with E-state index in [0.29, 0.717) is 11.0 Å². The van der Waals surface area contributed by atoms with Gasteiger partial charge in [0.15, 0.2) is 5.08 Å². The molecule has 0 saturated carbocycles. The van der Waals surface area contributed by atoms with Crippen LogP contribution in [0.5, 0.6) is 0 Å². The molecule has 0 fully saturated rings. The van der Waals surface area contributed by atoms with Gasteiger partial charge in [-0.25, -0.2) is 0 Å². The molecule has 0 aliphatic heterocycles. The number of aliphatic hydroxyl groups is 1. The number of unbranched alkanes of at least 4 members (excludes halogenated alkanes) is 1. The van der Waals surface area contributed by atoms with E-state index < -0.39 is 26.7 Å². The summed E-state index contributed by atoms with van der Waals surface area (Å²) >= 11 is 0. The van der Waals surface area contributed by atoms with E-state index in [9.17, 15) is 33.8 Å². The van der Waals surface area contributed by atoms with E-state index in [-0.39, 0.29) is 17.1 Å². The zero-order valence-corrected chi connectivity index (χ0v) is 17.9. The Balaban J connectivity index is 5.29. The summed E-state index contributed by atoms with van der Waals surface area (Å²) in [5, 5.41) is 6.35. The SMILES string of the molecule is CCCCC(C[N+](C)(C)CCC(O)(P(=O)([O-])[O-])P(=O)(O)O)[N+](C)(C)C. The normalized spacial score (nSPS) is 18.0. The van der Waals surface area contributed by atoms with Gasteiger partial charge >= 0.3 is 7.60 Å². The number of hydrogen-bond acceptors (Lipinski definition) is 5. The smallest absolute Gasteiger partial charge is 0.362 e. The molecule has 25 heavy (non-hydrogen) atoms. The number of rotatable bonds is 11. The largest absolute Gasteiger partial charge is 0.808 e. The second kappa shape index (κ2) is 8.46. The van der Waals surface area contributed by atoms with Crippen molar-refractivity contribution in [1.29, 1.82) is 0 Å². The maximum Gasteiger partial charge on any atom is 0.362 e. The second-order valence-electron chi connectivity index (χ2n) is 8.32. The van der Waals surface area contributed by atoms with Crippen molar-refractivity contribution in [3.8, 4) is 0 Å². The summed E-state index contributed by atoms with van der Waals surface area (Å²) in [5.41, 5.74) is 0. The zero-order chi connectivity index (χ0) is 20.3. The highest BCUT2D eigenvalue weighted by Crippen LogP contribution is 2.65. The van der Waals surface area contributed by atoms with Crippen LogP contribution in [-0.4, -0.2) is 83.3 Å². The second-order valence-corrected chi connectivity index (χ2v) is 12.2. The molecule has 0 aromatic heterocycles. The molecule has 0 amide bonds. The molecule has 0 radical (unpaired) electrons. The van der Waals surface area contributed by atoms with Crippen molar-refractivity contribution < 1.29 is 42.8 Å². The van der Waals surface area contributed by atoms with Crippen molar-refractivity contribution in [2.24, 2.45) is 0 Å². The predicted octanol–water partition coefficient (Wildman–Crippen LogP) is -0.545. The fraction of sp³-hybridized carbons (Fsp3) is 1.00. The first-order valence-corrected chi connectivity index (χ1v) is 11.5. The van der Waals surface area contributed by atoms with Gasteiger partial charge in [0.2, 0.25) is 0 Å². The van der Waals surface area contributed by atoms with Crippen LogP contribution < -0.4 is 9.79 Å². The Morgan fingerprint density at radius 1 is 1.08 bits per heavy atom. The van der Waals surface area contributed by atoms with E-state index in [1.165, 1.54) is 0 Å². The van der Waals surface area contributed by atoms with Crippen LogP contribution in [-0.2, 0) is 9.13 Å². The van der Waals surface area contributed by atoms with Gasteiger partial charge in [0.1, 0.15) is 12.6 Å². The fourth-order valence-electron chi connectivity index (χ4n) is 2.72. The third-order valence-electron chi connectivity index (χ3n) is 4.65. The maximum atomic E-state index is 11.4. The molecule has 0 aliphatic rings. The topological polar surface area (TPSA) is 141 Å². The summed E-state index contributed by atoms with van der Waals surface area (Å²) < 4.78 is 23.6. The van der Waals surface area contributed by atoms with Crippen molar-refractivity contribution in [3.05, 3.63) is 0 Å². The van der Waals surface area contributed by atoms with E-state index in [0.717, 1.165) is 19.3 Å². The van der Waals surface area contributed by atoms with Gasteiger partial charge in [0.05, 0.1) is 41.8 Å². The molecule has 0 bridgehead atoms. The highest BCUT2D eigenvalue weighted by Gasteiger charge is 2.49. The summed E-state index contributed by atoms with van der Waals surface area (Å²) in [4.78, 5) is 40.9. The highest BCUT2D eigenvalue weighted by atomic mass is 31.2. The molecule has 2 atom stereocenters. The van der Waals surface area contributed by atoms with Gasteiger partial charge in [-0.3, -0.25) is 4.57 Å². The summed E-state index contributed by atoms with van der Waals surface area (Å²) in [7, 11) is -1.70. The number of nitrogens with zero attached hydrogens (tertiary/aromatic N) is 2. The highest BCUT2D eigenvalue weighted by molar-refractivity contribution is 7.70. The van der Waals surface area contributed by atoms with Gasteiger partial charge in [-0.2, -0.15) is 0 Å². The molecule has 0 saturated heterocycles. The summed E-state index contributed by atoms with van der Waals surface area (Å²) in [5.74, 6) is 0. The quantitative estimate of drug-likeness (QED) is 0.310. The van der Waals surface area contributed by atoms with Crippen LogP contribution >= 0.6 is 15.2 Å². The van der Waals surface area contributed by atoms with Gasteiger partial charge in [0, 0.05) is 12.8 Å². The number of likely N-dealkylation sites (N-methyl/N-ethyl adjacent to an activating group) is 2. The van der Waals surface area contributed by atoms with Crippen LogP contribution in [0.2, 0.25) is 0 Å². The molecule has 0 heterocycles. The number of hydrogen-bond donors (Lipinski definition) is 3. The van der Waals surface area contributed by atoms with Gasteiger partial charge in [-0.1, -0.05) is 13.3 Å². The first-order chi connectivity index (χ1) is 10.9. The van der Waals surface area contributed by atoms with Gasteiger partial charge < -0.3 is 38.2 Å². The maximum absolute atomic E-state index is 11.4. The van der Waals surface area contributed by atoms with Gasteiger partial charge in [-0.05, 0) is 14.0 Å². The van der Waals surface area contributed by atoms with Crippen LogP contribution in [0.25, 0.3) is 0 Å². The molecule has 3 N–H and O–H groups in total. The van der Waals surface area contributed by atoms with Crippen molar-refractivity contribution in [3.63, 3.8) is 0 Å². The fourth-order valence-corrected chi connectivity index (χ4v) is 4.76. The van der Waals surface area contributed by atoms with E-state index in [1.54, 1.807) is 14.1 Å². The van der Waals surface area contributed by atoms with Crippen LogP contribution in [0, 0.1) is 0 Å². The third kappa shape index (κ3) is 7.37. The number of quaternary nitrogens is 2. The summed E-state index contributed by atoms with van der Waals surface area (Å²) in [6, 6.07) is 0.240. The zero-order valence-electron chi connectivity index (χ0n) is 16.1. The molecule has 0 spiro atoms. The van der Waals surface area contributed by atoms with Crippen LogP contribution in [0.15, 0.2) is 0 Å². The van der Waals surface area contributed by atoms with Crippen molar-refractivity contribution >= 4 is 15.2 Å². The minimum absolute atomic E-state index is 0.0568. The lowest BCUT2D eigenvalue weighted by Gasteiger charge is -2.47. The van der Waals surface area contributed by atoms with Crippen molar-refractivity contribution in [1.82, 2.24) is 0 Å². The molecular weight excluding hydrogens is 370 g/mol. The Labute approximate surface area is 150 Å². The van der Waals surface area contributed by atoms with E-state index in [2.05, 4.69) is 28.1 Å². The predicted molar refractivity (Wildman–Crippen MR) is 92.4 cm³/mol. The summed E-state index contributed by atoms with van der Waals surface area (Å²) in [6.07, 6.45) is 2.21. The molecule has 0 rings (SSSR count). The third-order valence-corrected chi connectivity index (χ3v) is 8.42. The average molecular weight is 404 g/mol. The Morgan fingerprint density at radius 2 is 1.56 bits per heavy atom. The van der Waals surface area contributed by atoms with Crippen LogP contribution in [0.1, 0.15) is 32.6 Å². The molecule has 9 nitrogen and oxygen atoms in total. The van der Waals surface area contributed by atoms with Crippen LogP contribution in [0.3, 0.4) is 0 Å². The molecule has 0 aliphatic carbocycles. The van der Waals surface area contributed by atoms with E-state index >= 15 is 0 Å². The first kappa shape index (κ1) is 25.2. The monoisotopic (exact) mass is 404 g/mol. The summed E-state index contributed by atoms with van der Waals surface area (Å²) in [6.45, 7) is 2.65. The van der Waals surface area contributed by atoms with Crippen LogP contribution in [0.4, 0.5) is 0 Å². The minimum Gasteiger partial charge on any atom is -0.808 e. The molecule has 152 valence electrons. The molecule has 11 heteroatoms. The molecular formula is C14H34N2O7P2. The average Bonchev–Trinajstić information content (AvgIpc) is 2.37. The Hall–Kier alpha value is 0.180. The lowest BCUT2D eigenvalue weighted by atomic mass is 10.1. The van der Waals surface area contributed by atoms with Crippen molar-refractivity contribution in [2.45, 2.75) is 43.7 Å². The lowest BCUT2D eigenvalue weighted by molar-refractivity contribution is -0.955. The molecule has 0 aromatic rings. The molecule has 2 unspecified atom stereocenters. The van der Waals surface area contributed by atoms with Crippen molar-refractivity contribution in [2.75, 3.05) is 48.3 Å². The van der Waals surface area contributed by atoms with Gasteiger partial charge in [0.25, 0.3) is 0 Å². The van der Waals surface area contributed by atoms with E-state index in [4.69, 9.17) is 0 Å². The Kier molecular flexibility index (Phi) is 8.52. The standard InChI is InChI=1S/C14H34N2O7P2/c1-7-8-9-13(15(2,3)4)12-16(5,6)11-10-14(17,24(18,19)20)25(21,22)23/h13,17H,7-12H2,1-6H3,(H2-2,18,19,20,21,22,23). The lowest BCUT2D eigenvalue weighted by Crippen LogP contribution is -2.57.